The molecule has 2 aliphatic rings. The third-order valence-corrected chi connectivity index (χ3v) is 6.76. The molecule has 182 valence electrons. The van der Waals surface area contributed by atoms with Crippen molar-refractivity contribution in [3.63, 3.8) is 0 Å². The number of hydrogen-bond donors (Lipinski definition) is 1. The lowest BCUT2D eigenvalue weighted by atomic mass is 10.0. The zero-order chi connectivity index (χ0) is 24.6. The van der Waals surface area contributed by atoms with Gasteiger partial charge in [-0.3, -0.25) is 5.10 Å². The van der Waals surface area contributed by atoms with Crippen LogP contribution in [0.4, 0.5) is 16.3 Å². The minimum Gasteiger partial charge on any atom is -0.444 e. The van der Waals surface area contributed by atoms with Gasteiger partial charge in [0.25, 0.3) is 0 Å². The van der Waals surface area contributed by atoms with Crippen molar-refractivity contribution >= 4 is 28.4 Å². The molecule has 2 aromatic carbocycles. The van der Waals surface area contributed by atoms with Gasteiger partial charge in [-0.1, -0.05) is 36.4 Å². The summed E-state index contributed by atoms with van der Waals surface area (Å²) in [5.74, 6) is 0.948. The van der Waals surface area contributed by atoms with Crippen LogP contribution in [-0.2, 0) is 17.7 Å². The highest BCUT2D eigenvalue weighted by Gasteiger charge is 2.35. The number of ether oxygens (including phenoxy) is 1. The second kappa shape index (κ2) is 9.14. The lowest BCUT2D eigenvalue weighted by Gasteiger charge is -2.41. The van der Waals surface area contributed by atoms with E-state index in [0.29, 0.717) is 19.6 Å². The molecule has 0 aliphatic carbocycles. The molecule has 5 rings (SSSR count). The van der Waals surface area contributed by atoms with Crippen molar-refractivity contribution in [2.24, 2.45) is 0 Å². The lowest BCUT2D eigenvalue weighted by molar-refractivity contribution is 0.0145. The monoisotopic (exact) mass is 472 g/mol. The molecule has 8 heteroatoms. The Hall–Kier alpha value is -3.73. The van der Waals surface area contributed by atoms with Crippen molar-refractivity contribution in [1.82, 2.24) is 15.1 Å². The molecule has 0 radical (unpaired) electrons. The van der Waals surface area contributed by atoms with E-state index in [-0.39, 0.29) is 18.6 Å². The van der Waals surface area contributed by atoms with E-state index in [1.165, 1.54) is 22.0 Å². The summed E-state index contributed by atoms with van der Waals surface area (Å²) in [4.78, 5) is 19.1. The fourth-order valence-corrected chi connectivity index (χ4v) is 5.14. The van der Waals surface area contributed by atoms with Crippen LogP contribution in [0.2, 0.25) is 0 Å². The summed E-state index contributed by atoms with van der Waals surface area (Å²) in [6, 6.07) is 17.0. The molecule has 0 spiro atoms. The molecule has 1 saturated heterocycles. The Bertz CT molecular complexity index is 1270. The zero-order valence-electron chi connectivity index (χ0n) is 20.6. The van der Waals surface area contributed by atoms with Crippen LogP contribution in [0.3, 0.4) is 0 Å². The number of rotatable bonds is 3. The Morgan fingerprint density at radius 2 is 1.94 bits per heavy atom. The third-order valence-electron chi connectivity index (χ3n) is 6.76. The van der Waals surface area contributed by atoms with Crippen LogP contribution in [0.1, 0.15) is 38.4 Å². The number of nitrogens with zero attached hydrogens (tertiary/aromatic N) is 5. The van der Waals surface area contributed by atoms with Gasteiger partial charge in [-0.15, -0.1) is 0 Å². The Morgan fingerprint density at radius 1 is 1.14 bits per heavy atom. The normalized spacial score (nSPS) is 18.3. The minimum atomic E-state index is -0.567. The molecule has 35 heavy (non-hydrogen) atoms. The Morgan fingerprint density at radius 3 is 2.74 bits per heavy atom. The van der Waals surface area contributed by atoms with Crippen molar-refractivity contribution in [2.45, 2.75) is 51.8 Å². The molecule has 1 atom stereocenters. The molecule has 1 amide bonds. The van der Waals surface area contributed by atoms with Crippen LogP contribution in [0.15, 0.2) is 42.5 Å². The summed E-state index contributed by atoms with van der Waals surface area (Å²) in [6.45, 7) is 8.99. The molecule has 3 aromatic rings. The molecule has 1 aromatic heterocycles. The molecular weight excluding hydrogens is 440 g/mol. The maximum absolute atomic E-state index is 12.7. The first-order chi connectivity index (χ1) is 16.8. The Labute approximate surface area is 206 Å². The Kier molecular flexibility index (Phi) is 6.01. The average Bonchev–Trinajstić information content (AvgIpc) is 3.26. The number of carbonyl (C=O) groups is 1. The van der Waals surface area contributed by atoms with Gasteiger partial charge < -0.3 is 19.4 Å². The van der Waals surface area contributed by atoms with Crippen LogP contribution in [0.25, 0.3) is 10.8 Å². The van der Waals surface area contributed by atoms with Crippen molar-refractivity contribution in [2.75, 3.05) is 36.0 Å². The maximum Gasteiger partial charge on any atom is 0.410 e. The number of aromatic amines is 1. The average molecular weight is 473 g/mol. The van der Waals surface area contributed by atoms with E-state index in [9.17, 15) is 10.1 Å². The number of nitriles is 1. The standard InChI is InChI=1S/C27H32N6O2/c1-27(2,3)35-26(34)33-16-15-32(17-20(33)11-13-28)25-22-12-14-31(18-23(22)29-30-25)24-10-6-8-19-7-4-5-9-21(19)24/h4-10,20H,11-12,14-18H2,1-3H3,(H,29,30). The van der Waals surface area contributed by atoms with Crippen molar-refractivity contribution in [1.29, 1.82) is 5.26 Å². The summed E-state index contributed by atoms with van der Waals surface area (Å²) in [6.07, 6.45) is 0.795. The van der Waals surface area contributed by atoms with Gasteiger partial charge in [0.15, 0.2) is 5.82 Å². The lowest BCUT2D eigenvalue weighted by Crippen LogP contribution is -2.56. The number of H-pyrrole nitrogens is 1. The summed E-state index contributed by atoms with van der Waals surface area (Å²) in [5.41, 5.74) is 3.04. The van der Waals surface area contributed by atoms with Gasteiger partial charge in [-0.25, -0.2) is 4.79 Å². The molecular formula is C27H32N6O2. The van der Waals surface area contributed by atoms with Gasteiger partial charge in [0, 0.05) is 42.8 Å². The van der Waals surface area contributed by atoms with Gasteiger partial charge in [-0.2, -0.15) is 10.4 Å². The number of benzene rings is 2. The first kappa shape index (κ1) is 23.0. The van der Waals surface area contributed by atoms with Gasteiger partial charge in [0.05, 0.1) is 30.8 Å². The Balaban J connectivity index is 1.33. The summed E-state index contributed by atoms with van der Waals surface area (Å²) >= 11 is 0. The summed E-state index contributed by atoms with van der Waals surface area (Å²) < 4.78 is 5.59. The smallest absolute Gasteiger partial charge is 0.410 e. The van der Waals surface area contributed by atoms with E-state index >= 15 is 0 Å². The molecule has 3 heterocycles. The second-order valence-corrected chi connectivity index (χ2v) is 10.3. The number of aromatic nitrogens is 2. The van der Waals surface area contributed by atoms with Crippen LogP contribution < -0.4 is 9.80 Å². The largest absolute Gasteiger partial charge is 0.444 e. The molecule has 0 saturated carbocycles. The fourth-order valence-electron chi connectivity index (χ4n) is 5.14. The highest BCUT2D eigenvalue weighted by atomic mass is 16.6. The van der Waals surface area contributed by atoms with Gasteiger partial charge in [0.1, 0.15) is 5.60 Å². The topological polar surface area (TPSA) is 88.5 Å². The molecule has 0 bridgehead atoms. The van der Waals surface area contributed by atoms with Gasteiger partial charge >= 0.3 is 6.09 Å². The molecule has 1 fully saturated rings. The molecule has 8 nitrogen and oxygen atoms in total. The highest BCUT2D eigenvalue weighted by Crippen LogP contribution is 2.34. The number of amides is 1. The van der Waals surface area contributed by atoms with Crippen LogP contribution in [-0.4, -0.2) is 59.0 Å². The zero-order valence-corrected chi connectivity index (χ0v) is 20.6. The minimum absolute atomic E-state index is 0.230. The van der Waals surface area contributed by atoms with E-state index < -0.39 is 5.60 Å². The van der Waals surface area contributed by atoms with Crippen molar-refractivity contribution in [3.05, 3.63) is 53.7 Å². The number of fused-ring (bicyclic) bond motifs is 2. The van der Waals surface area contributed by atoms with Crippen molar-refractivity contribution < 1.29 is 9.53 Å². The molecule has 1 N–H and O–H groups in total. The third kappa shape index (κ3) is 4.63. The summed E-state index contributed by atoms with van der Waals surface area (Å²) in [7, 11) is 0. The first-order valence-corrected chi connectivity index (χ1v) is 12.2. The van der Waals surface area contributed by atoms with Gasteiger partial charge in [-0.05, 0) is 38.6 Å². The van der Waals surface area contributed by atoms with E-state index in [1.54, 1.807) is 4.90 Å². The highest BCUT2D eigenvalue weighted by molar-refractivity contribution is 5.94. The maximum atomic E-state index is 12.7. The number of piperazine rings is 1. The number of nitrogens with one attached hydrogen (secondary N) is 1. The van der Waals surface area contributed by atoms with Crippen LogP contribution >= 0.6 is 0 Å². The molecule has 2 aliphatic heterocycles. The quantitative estimate of drug-likeness (QED) is 0.605. The predicted molar refractivity (Wildman–Crippen MR) is 136 cm³/mol. The fraction of sp³-hybridized carbons (Fsp3) is 0.444. The van der Waals surface area contributed by atoms with E-state index in [4.69, 9.17) is 9.84 Å². The van der Waals surface area contributed by atoms with E-state index in [2.05, 4.69) is 63.4 Å². The van der Waals surface area contributed by atoms with Gasteiger partial charge in [0.2, 0.25) is 0 Å². The van der Waals surface area contributed by atoms with Crippen molar-refractivity contribution in [3.8, 4) is 6.07 Å². The number of carbonyl (C=O) groups excluding carboxylic acids is 1. The first-order valence-electron chi connectivity index (χ1n) is 12.2. The van der Waals surface area contributed by atoms with E-state index in [0.717, 1.165) is 31.0 Å². The van der Waals surface area contributed by atoms with E-state index in [1.807, 2.05) is 20.8 Å². The number of anilines is 2. The number of hydrogen-bond acceptors (Lipinski definition) is 6. The SMILES string of the molecule is CC(C)(C)OC(=O)N1CCN(c2n[nH]c3c2CCN(c2cccc4ccccc24)C3)CC1CC#N. The second-order valence-electron chi connectivity index (χ2n) is 10.3. The molecule has 1 unspecified atom stereocenters. The van der Waals surface area contributed by atoms with Crippen LogP contribution in [0, 0.1) is 11.3 Å². The van der Waals surface area contributed by atoms with Crippen LogP contribution in [0.5, 0.6) is 0 Å². The summed E-state index contributed by atoms with van der Waals surface area (Å²) in [5, 5.41) is 19.9. The predicted octanol–water partition coefficient (Wildman–Crippen LogP) is 4.46.